The van der Waals surface area contributed by atoms with Crippen LogP contribution in [0.5, 0.6) is 0 Å². The maximum Gasteiger partial charge on any atom is 0.337 e. The summed E-state index contributed by atoms with van der Waals surface area (Å²) in [4.78, 5) is 42.0. The van der Waals surface area contributed by atoms with Gasteiger partial charge in [-0.25, -0.2) is 9.78 Å². The Kier molecular flexibility index (Phi) is 7.99. The molecule has 3 aromatic rings. The number of hydrogen-bond donors (Lipinski definition) is 3. The number of amides is 2. The van der Waals surface area contributed by atoms with E-state index in [9.17, 15) is 14.4 Å². The Bertz CT molecular complexity index is 1270. The molecule has 0 unspecified atom stereocenters. The van der Waals surface area contributed by atoms with E-state index in [0.29, 0.717) is 30.2 Å². The number of carbonyl (C=O) groups is 3. The lowest BCUT2D eigenvalue weighted by Crippen LogP contribution is -2.35. The van der Waals surface area contributed by atoms with Crippen LogP contribution in [0.4, 0.5) is 5.82 Å². The molecule has 1 atom stereocenters. The van der Waals surface area contributed by atoms with Gasteiger partial charge in [-0.1, -0.05) is 19.1 Å². The Hall–Kier alpha value is -3.92. The van der Waals surface area contributed by atoms with E-state index in [1.54, 1.807) is 30.3 Å². The predicted octanol–water partition coefficient (Wildman–Crippen LogP) is 3.13. The summed E-state index contributed by atoms with van der Waals surface area (Å²) >= 11 is 0. The van der Waals surface area contributed by atoms with E-state index in [2.05, 4.69) is 22.3 Å². The summed E-state index contributed by atoms with van der Waals surface area (Å²) < 4.78 is 1.91. The van der Waals surface area contributed by atoms with Crippen LogP contribution in [0.25, 0.3) is 0 Å². The van der Waals surface area contributed by atoms with Gasteiger partial charge in [-0.15, -0.1) is 12.4 Å². The number of aromatic carboxylic acids is 1. The number of rotatable bonds is 7. The number of primary amides is 1. The van der Waals surface area contributed by atoms with Crippen molar-refractivity contribution in [1.82, 2.24) is 20.1 Å². The second-order valence-corrected chi connectivity index (χ2v) is 8.99. The molecule has 0 saturated heterocycles. The van der Waals surface area contributed by atoms with Gasteiger partial charge in [-0.2, -0.15) is 5.10 Å². The Morgan fingerprint density at radius 3 is 2.36 bits per heavy atom. The zero-order chi connectivity index (χ0) is 25.3. The number of nitrogens with two attached hydrogens (primary N) is 1. The Morgan fingerprint density at radius 1 is 1.14 bits per heavy atom. The topological polar surface area (TPSA) is 143 Å². The van der Waals surface area contributed by atoms with Gasteiger partial charge in [0.15, 0.2) is 5.69 Å². The van der Waals surface area contributed by atoms with Gasteiger partial charge < -0.3 is 21.1 Å². The van der Waals surface area contributed by atoms with Crippen molar-refractivity contribution in [2.75, 3.05) is 11.4 Å². The molecule has 4 N–H and O–H groups in total. The summed E-state index contributed by atoms with van der Waals surface area (Å²) in [5.41, 5.74) is 8.87. The van der Waals surface area contributed by atoms with Gasteiger partial charge in [0.1, 0.15) is 5.82 Å². The van der Waals surface area contributed by atoms with Gasteiger partial charge in [-0.3, -0.25) is 14.3 Å². The molecule has 0 aliphatic carbocycles. The van der Waals surface area contributed by atoms with Crippen molar-refractivity contribution in [2.24, 2.45) is 5.73 Å². The molecule has 3 heterocycles. The van der Waals surface area contributed by atoms with Crippen LogP contribution in [0.3, 0.4) is 0 Å². The van der Waals surface area contributed by atoms with Crippen LogP contribution < -0.4 is 16.0 Å². The van der Waals surface area contributed by atoms with Crippen molar-refractivity contribution in [1.29, 1.82) is 0 Å². The standard InChI is InChI=1S/C25H28N6O4.ClH/c1-14(2)31-22-15(3)12-30(20-9-8-18(11-27-20)25(34)35)13-19(22)21(29-31)24(33)28-10-16-4-6-17(7-5-16)23(26)32;/h4-9,11,14-15H,10,12-13H2,1-3H3,(H2,26,32)(H,28,33)(H,34,35);1H/t15-;/m0./s1. The van der Waals surface area contributed by atoms with Crippen molar-refractivity contribution in [3.05, 3.63) is 76.2 Å². The Morgan fingerprint density at radius 2 is 1.81 bits per heavy atom. The van der Waals surface area contributed by atoms with Gasteiger partial charge in [0.25, 0.3) is 5.91 Å². The number of nitrogens with one attached hydrogen (secondary N) is 1. The fourth-order valence-electron chi connectivity index (χ4n) is 4.34. The molecular formula is C25H29ClN6O4. The van der Waals surface area contributed by atoms with E-state index < -0.39 is 11.9 Å². The number of benzene rings is 1. The molecule has 1 aromatic carbocycles. The monoisotopic (exact) mass is 512 g/mol. The molecule has 0 saturated carbocycles. The second kappa shape index (κ2) is 10.8. The Labute approximate surface area is 214 Å². The first-order valence-electron chi connectivity index (χ1n) is 11.4. The highest BCUT2D eigenvalue weighted by Gasteiger charge is 2.33. The smallest absolute Gasteiger partial charge is 0.337 e. The van der Waals surface area contributed by atoms with Gasteiger partial charge in [-0.05, 0) is 43.7 Å². The first-order valence-corrected chi connectivity index (χ1v) is 11.4. The molecule has 2 amide bonds. The molecule has 0 fully saturated rings. The first kappa shape index (κ1) is 26.7. The number of hydrogen-bond acceptors (Lipinski definition) is 6. The van der Waals surface area contributed by atoms with Crippen LogP contribution >= 0.6 is 12.4 Å². The molecule has 190 valence electrons. The summed E-state index contributed by atoms with van der Waals surface area (Å²) in [6.07, 6.45) is 1.34. The lowest BCUT2D eigenvalue weighted by atomic mass is 9.95. The lowest BCUT2D eigenvalue weighted by molar-refractivity contribution is 0.0696. The highest BCUT2D eigenvalue weighted by molar-refractivity contribution is 5.94. The number of nitrogens with zero attached hydrogens (tertiary/aromatic N) is 4. The zero-order valence-electron chi connectivity index (χ0n) is 20.3. The number of anilines is 1. The number of pyridine rings is 1. The van der Waals surface area contributed by atoms with E-state index >= 15 is 0 Å². The minimum atomic E-state index is -1.03. The molecule has 4 rings (SSSR count). The van der Waals surface area contributed by atoms with Crippen LogP contribution in [0, 0.1) is 0 Å². The highest BCUT2D eigenvalue weighted by Crippen LogP contribution is 2.34. The lowest BCUT2D eigenvalue weighted by Gasteiger charge is -2.33. The highest BCUT2D eigenvalue weighted by atomic mass is 35.5. The van der Waals surface area contributed by atoms with Gasteiger partial charge in [0.2, 0.25) is 5.91 Å². The third-order valence-electron chi connectivity index (χ3n) is 6.07. The molecule has 1 aliphatic rings. The Balaban J connectivity index is 0.00000361. The minimum absolute atomic E-state index is 0. The fraction of sp³-hybridized carbons (Fsp3) is 0.320. The number of carboxylic acids is 1. The number of fused-ring (bicyclic) bond motifs is 1. The van der Waals surface area contributed by atoms with Crippen molar-refractivity contribution in [2.45, 2.75) is 45.8 Å². The van der Waals surface area contributed by atoms with Gasteiger partial charge in [0, 0.05) is 54.6 Å². The van der Waals surface area contributed by atoms with E-state index in [4.69, 9.17) is 10.8 Å². The average molecular weight is 513 g/mol. The second-order valence-electron chi connectivity index (χ2n) is 8.99. The van der Waals surface area contributed by atoms with Crippen LogP contribution in [-0.2, 0) is 13.1 Å². The fourth-order valence-corrected chi connectivity index (χ4v) is 4.34. The van der Waals surface area contributed by atoms with Crippen LogP contribution in [0.15, 0.2) is 42.6 Å². The number of carbonyl (C=O) groups excluding carboxylic acids is 2. The van der Waals surface area contributed by atoms with E-state index in [1.807, 2.05) is 23.4 Å². The predicted molar refractivity (Wildman–Crippen MR) is 137 cm³/mol. The first-order chi connectivity index (χ1) is 16.7. The average Bonchev–Trinajstić information content (AvgIpc) is 3.23. The molecule has 0 bridgehead atoms. The van der Waals surface area contributed by atoms with Gasteiger partial charge in [0.05, 0.1) is 5.56 Å². The quantitative estimate of drug-likeness (QED) is 0.441. The largest absolute Gasteiger partial charge is 0.478 e. The van der Waals surface area contributed by atoms with Crippen molar-refractivity contribution < 1.29 is 19.5 Å². The molecule has 0 radical (unpaired) electrons. The summed E-state index contributed by atoms with van der Waals surface area (Å²) in [5, 5.41) is 16.8. The molecule has 11 heteroatoms. The van der Waals surface area contributed by atoms with Crippen LogP contribution in [0.2, 0.25) is 0 Å². The normalized spacial score (nSPS) is 14.7. The van der Waals surface area contributed by atoms with Crippen molar-refractivity contribution in [3.8, 4) is 0 Å². The number of halogens is 1. The zero-order valence-corrected chi connectivity index (χ0v) is 21.1. The maximum atomic E-state index is 13.2. The SMILES string of the molecule is CC(C)n1nc(C(=O)NCc2ccc(C(N)=O)cc2)c2c1[C@@H](C)CN(c1ccc(C(=O)O)cn1)C2.Cl. The molecular weight excluding hydrogens is 484 g/mol. The van der Waals surface area contributed by atoms with Crippen molar-refractivity contribution in [3.63, 3.8) is 0 Å². The van der Waals surface area contributed by atoms with Crippen molar-refractivity contribution >= 4 is 36.0 Å². The molecule has 2 aromatic heterocycles. The molecule has 1 aliphatic heterocycles. The maximum absolute atomic E-state index is 13.2. The van der Waals surface area contributed by atoms with E-state index in [0.717, 1.165) is 16.8 Å². The number of carboxylic acid groups (broad SMARTS) is 1. The molecule has 0 spiro atoms. The van der Waals surface area contributed by atoms with E-state index in [-0.39, 0.29) is 42.4 Å². The third-order valence-corrected chi connectivity index (χ3v) is 6.07. The summed E-state index contributed by atoms with van der Waals surface area (Å²) in [6.45, 7) is 7.51. The summed E-state index contributed by atoms with van der Waals surface area (Å²) in [6, 6.07) is 10.0. The van der Waals surface area contributed by atoms with Crippen LogP contribution in [0.1, 0.15) is 80.8 Å². The van der Waals surface area contributed by atoms with Gasteiger partial charge >= 0.3 is 5.97 Å². The molecule has 10 nitrogen and oxygen atoms in total. The molecule has 36 heavy (non-hydrogen) atoms. The number of aromatic nitrogens is 3. The van der Waals surface area contributed by atoms with E-state index in [1.165, 1.54) is 12.3 Å². The third kappa shape index (κ3) is 5.33. The minimum Gasteiger partial charge on any atom is -0.478 e. The summed E-state index contributed by atoms with van der Waals surface area (Å²) in [7, 11) is 0. The summed E-state index contributed by atoms with van der Waals surface area (Å²) in [5.74, 6) is -1.09. The van der Waals surface area contributed by atoms with Crippen LogP contribution in [-0.4, -0.2) is 44.2 Å².